The van der Waals surface area contributed by atoms with Crippen LogP contribution < -0.4 is 0 Å². The zero-order valence-corrected chi connectivity index (χ0v) is 4.76. The van der Waals surface area contributed by atoms with Gasteiger partial charge in [0.2, 0.25) is 0 Å². The highest BCUT2D eigenvalue weighted by atomic mass is 16.7. The lowest BCUT2D eigenvalue weighted by atomic mass is 10.4. The van der Waals surface area contributed by atoms with E-state index in [0.29, 0.717) is 13.2 Å². The molecule has 1 saturated heterocycles. The van der Waals surface area contributed by atoms with Crippen molar-refractivity contribution in [2.24, 2.45) is 0 Å². The fourth-order valence-corrected chi connectivity index (χ4v) is 0.600. The van der Waals surface area contributed by atoms with Crippen LogP contribution in [0, 0.1) is 6.10 Å². The zero-order chi connectivity index (χ0) is 5.98. The average molecular weight is 117 g/mol. The Bertz CT molecular complexity index is 66.1. The molecule has 0 atom stereocenters. The van der Waals surface area contributed by atoms with Crippen molar-refractivity contribution in [2.75, 3.05) is 13.2 Å². The first-order valence-electron chi connectivity index (χ1n) is 2.56. The molecule has 8 heavy (non-hydrogen) atoms. The molecule has 1 fully saturated rings. The highest BCUT2D eigenvalue weighted by Crippen LogP contribution is 2.11. The second-order valence-corrected chi connectivity index (χ2v) is 1.71. The van der Waals surface area contributed by atoms with Gasteiger partial charge in [-0.3, -0.25) is 0 Å². The van der Waals surface area contributed by atoms with E-state index in [4.69, 9.17) is 14.6 Å². The van der Waals surface area contributed by atoms with Gasteiger partial charge in [0.15, 0.2) is 6.29 Å². The molecular weight excluding hydrogens is 108 g/mol. The Morgan fingerprint density at radius 2 is 2.00 bits per heavy atom. The van der Waals surface area contributed by atoms with Gasteiger partial charge in [-0.25, -0.2) is 0 Å². The SMILES string of the molecule is C[C](O)C1OCCO1. The summed E-state index contributed by atoms with van der Waals surface area (Å²) in [7, 11) is 0. The molecule has 0 aliphatic carbocycles. The summed E-state index contributed by atoms with van der Waals surface area (Å²) in [6, 6.07) is 0. The molecule has 1 N–H and O–H groups in total. The van der Waals surface area contributed by atoms with Crippen LogP contribution in [-0.4, -0.2) is 24.6 Å². The molecule has 0 aromatic heterocycles. The molecule has 0 bridgehead atoms. The van der Waals surface area contributed by atoms with Crippen molar-refractivity contribution in [3.63, 3.8) is 0 Å². The molecule has 47 valence electrons. The normalized spacial score (nSPS) is 22.9. The van der Waals surface area contributed by atoms with Crippen LogP contribution >= 0.6 is 0 Å². The highest BCUT2D eigenvalue weighted by molar-refractivity contribution is 4.74. The Kier molecular flexibility index (Phi) is 1.83. The lowest BCUT2D eigenvalue weighted by Gasteiger charge is -2.08. The molecule has 0 saturated carbocycles. The van der Waals surface area contributed by atoms with Crippen LogP contribution in [-0.2, 0) is 9.47 Å². The van der Waals surface area contributed by atoms with E-state index in [0.717, 1.165) is 0 Å². The molecule has 0 amide bonds. The van der Waals surface area contributed by atoms with E-state index in [1.54, 1.807) is 6.92 Å². The zero-order valence-electron chi connectivity index (χ0n) is 4.76. The summed E-state index contributed by atoms with van der Waals surface area (Å²) < 4.78 is 9.81. The first-order valence-corrected chi connectivity index (χ1v) is 2.56. The number of aliphatic hydroxyl groups excluding tert-OH is 1. The summed E-state index contributed by atoms with van der Waals surface area (Å²) in [4.78, 5) is 0. The van der Waals surface area contributed by atoms with Gasteiger partial charge in [0.1, 0.15) is 6.10 Å². The monoisotopic (exact) mass is 117 g/mol. The minimum atomic E-state index is -0.463. The van der Waals surface area contributed by atoms with Gasteiger partial charge in [-0.1, -0.05) is 0 Å². The molecule has 0 unspecified atom stereocenters. The molecule has 3 heteroatoms. The predicted molar refractivity (Wildman–Crippen MR) is 26.5 cm³/mol. The maximum absolute atomic E-state index is 8.72. The number of ether oxygens (including phenoxy) is 2. The minimum Gasteiger partial charge on any atom is -0.382 e. The molecule has 0 aromatic rings. The Labute approximate surface area is 48.2 Å². The Morgan fingerprint density at radius 1 is 1.50 bits per heavy atom. The van der Waals surface area contributed by atoms with E-state index in [1.165, 1.54) is 0 Å². The Balaban J connectivity index is 2.24. The van der Waals surface area contributed by atoms with E-state index in [2.05, 4.69) is 0 Å². The maximum Gasteiger partial charge on any atom is 0.189 e. The molecule has 1 radical (unpaired) electrons. The van der Waals surface area contributed by atoms with Gasteiger partial charge in [-0.2, -0.15) is 0 Å². The largest absolute Gasteiger partial charge is 0.382 e. The smallest absolute Gasteiger partial charge is 0.189 e. The van der Waals surface area contributed by atoms with Crippen molar-refractivity contribution in [1.82, 2.24) is 0 Å². The maximum atomic E-state index is 8.72. The van der Waals surface area contributed by atoms with Crippen LogP contribution in [0.25, 0.3) is 0 Å². The molecule has 3 nitrogen and oxygen atoms in total. The van der Waals surface area contributed by atoms with Crippen molar-refractivity contribution in [3.05, 3.63) is 6.10 Å². The summed E-state index contributed by atoms with van der Waals surface area (Å²) in [6.07, 6.45) is -0.266. The van der Waals surface area contributed by atoms with Gasteiger partial charge >= 0.3 is 0 Å². The summed E-state index contributed by atoms with van der Waals surface area (Å²) in [6.45, 7) is 2.74. The fourth-order valence-electron chi connectivity index (χ4n) is 0.600. The summed E-state index contributed by atoms with van der Waals surface area (Å²) >= 11 is 0. The molecule has 1 rings (SSSR count). The van der Waals surface area contributed by atoms with Gasteiger partial charge in [0.25, 0.3) is 0 Å². The van der Waals surface area contributed by atoms with Crippen LogP contribution in [0.1, 0.15) is 6.92 Å². The van der Waals surface area contributed by atoms with Crippen LogP contribution in [0.15, 0.2) is 0 Å². The minimum absolute atomic E-state index is 0.197. The second-order valence-electron chi connectivity index (χ2n) is 1.71. The molecule has 1 heterocycles. The molecular formula is C5H9O3. The fraction of sp³-hybridized carbons (Fsp3) is 0.800. The number of rotatable bonds is 1. The van der Waals surface area contributed by atoms with E-state index >= 15 is 0 Å². The predicted octanol–water partition coefficient (Wildman–Crippen LogP) is 0.284. The molecule has 1 aliphatic heterocycles. The van der Waals surface area contributed by atoms with Crippen molar-refractivity contribution in [1.29, 1.82) is 0 Å². The molecule has 0 spiro atoms. The highest BCUT2D eigenvalue weighted by Gasteiger charge is 2.21. The van der Waals surface area contributed by atoms with Gasteiger partial charge in [0.05, 0.1) is 13.2 Å². The third kappa shape index (κ3) is 1.18. The van der Waals surface area contributed by atoms with E-state index in [1.807, 2.05) is 0 Å². The standard InChI is InChI=1S/C5H9O3/c1-4(6)5-7-2-3-8-5/h5-6H,2-3H2,1H3. The molecule has 1 aliphatic rings. The van der Waals surface area contributed by atoms with Gasteiger partial charge in [0, 0.05) is 0 Å². The van der Waals surface area contributed by atoms with Crippen molar-refractivity contribution in [2.45, 2.75) is 13.2 Å². The summed E-state index contributed by atoms with van der Waals surface area (Å²) in [5.41, 5.74) is 0. The van der Waals surface area contributed by atoms with Crippen LogP contribution in [0.2, 0.25) is 0 Å². The topological polar surface area (TPSA) is 38.7 Å². The van der Waals surface area contributed by atoms with Gasteiger partial charge in [-0.15, -0.1) is 0 Å². The number of hydrogen-bond acceptors (Lipinski definition) is 3. The summed E-state index contributed by atoms with van der Waals surface area (Å²) in [5.74, 6) is 0. The third-order valence-corrected chi connectivity index (χ3v) is 0.963. The van der Waals surface area contributed by atoms with Crippen molar-refractivity contribution >= 4 is 0 Å². The lowest BCUT2D eigenvalue weighted by Crippen LogP contribution is -2.15. The van der Waals surface area contributed by atoms with Crippen molar-refractivity contribution in [3.8, 4) is 0 Å². The van der Waals surface area contributed by atoms with E-state index in [-0.39, 0.29) is 6.10 Å². The van der Waals surface area contributed by atoms with Crippen LogP contribution in [0.4, 0.5) is 0 Å². The number of hydrogen-bond donors (Lipinski definition) is 1. The Morgan fingerprint density at radius 3 is 2.25 bits per heavy atom. The van der Waals surface area contributed by atoms with Crippen molar-refractivity contribution < 1.29 is 14.6 Å². The van der Waals surface area contributed by atoms with Gasteiger partial charge in [-0.05, 0) is 6.92 Å². The van der Waals surface area contributed by atoms with E-state index in [9.17, 15) is 0 Å². The average Bonchev–Trinajstić information content (AvgIpc) is 2.12. The summed E-state index contributed by atoms with van der Waals surface area (Å²) in [5, 5.41) is 8.72. The molecule has 0 aromatic carbocycles. The Hall–Kier alpha value is -0.120. The van der Waals surface area contributed by atoms with Crippen LogP contribution in [0.5, 0.6) is 0 Å². The quantitative estimate of drug-likeness (QED) is 0.536. The lowest BCUT2D eigenvalue weighted by molar-refractivity contribution is -0.0673. The van der Waals surface area contributed by atoms with Crippen LogP contribution in [0.3, 0.4) is 0 Å². The number of aliphatic hydroxyl groups is 1. The van der Waals surface area contributed by atoms with Gasteiger partial charge < -0.3 is 14.6 Å². The second kappa shape index (κ2) is 2.44. The first-order chi connectivity index (χ1) is 3.80. The first kappa shape index (κ1) is 6.01. The van der Waals surface area contributed by atoms with E-state index < -0.39 is 6.29 Å². The third-order valence-electron chi connectivity index (χ3n) is 0.963.